The molecule has 4 heterocycles. The van der Waals surface area contributed by atoms with Gasteiger partial charge in [0.15, 0.2) is 0 Å². The summed E-state index contributed by atoms with van der Waals surface area (Å²) in [5.41, 5.74) is 10.5. The molecule has 1 amide bonds. The van der Waals surface area contributed by atoms with Crippen LogP contribution in [0.1, 0.15) is 18.2 Å². The number of aromatic nitrogens is 5. The van der Waals surface area contributed by atoms with Crippen molar-refractivity contribution in [2.45, 2.75) is 26.3 Å². The Hall–Kier alpha value is -4.79. The number of benzene rings is 1. The molecule has 0 aliphatic carbocycles. The molecule has 0 bridgehead atoms. The first-order valence-electron chi connectivity index (χ1n) is 12.1. The molecule has 37 heavy (non-hydrogen) atoms. The van der Waals surface area contributed by atoms with E-state index in [1.807, 2.05) is 60.0 Å². The van der Waals surface area contributed by atoms with Gasteiger partial charge in [0.2, 0.25) is 11.3 Å². The van der Waals surface area contributed by atoms with Gasteiger partial charge < -0.3 is 20.6 Å². The molecule has 0 aliphatic rings. The first-order chi connectivity index (χ1) is 18.0. The van der Waals surface area contributed by atoms with Gasteiger partial charge in [-0.2, -0.15) is 0 Å². The van der Waals surface area contributed by atoms with Gasteiger partial charge in [0.1, 0.15) is 22.9 Å². The quantitative estimate of drug-likeness (QED) is 0.304. The molecule has 9 nitrogen and oxygen atoms in total. The zero-order chi connectivity index (χ0) is 25.8. The largest absolute Gasteiger partial charge is 0.384 e. The van der Waals surface area contributed by atoms with Crippen LogP contribution in [-0.2, 0) is 24.2 Å². The van der Waals surface area contributed by atoms with Crippen LogP contribution in [-0.4, -0.2) is 37.0 Å². The Bertz CT molecular complexity index is 1590. The summed E-state index contributed by atoms with van der Waals surface area (Å²) in [6.07, 6.45) is 5.97. The van der Waals surface area contributed by atoms with Crippen molar-refractivity contribution in [3.63, 3.8) is 0 Å². The third-order valence-corrected chi connectivity index (χ3v) is 6.24. The van der Waals surface area contributed by atoms with E-state index < -0.39 is 0 Å². The molecule has 5 rings (SSSR count). The van der Waals surface area contributed by atoms with Crippen LogP contribution in [0, 0.1) is 0 Å². The van der Waals surface area contributed by atoms with E-state index in [1.165, 1.54) is 0 Å². The molecule has 0 radical (unpaired) electrons. The number of anilines is 1. The third-order valence-electron chi connectivity index (χ3n) is 6.24. The average Bonchev–Trinajstić information content (AvgIpc) is 3.44. The monoisotopic (exact) mass is 493 g/mol. The van der Waals surface area contributed by atoms with Crippen molar-refractivity contribution >= 4 is 22.8 Å². The van der Waals surface area contributed by atoms with Crippen LogP contribution in [0.15, 0.2) is 78.0 Å². The van der Waals surface area contributed by atoms with E-state index in [-0.39, 0.29) is 17.8 Å². The van der Waals surface area contributed by atoms with Gasteiger partial charge in [0, 0.05) is 49.4 Å². The van der Waals surface area contributed by atoms with Crippen molar-refractivity contribution in [2.24, 2.45) is 0 Å². The topological polar surface area (TPSA) is 132 Å². The van der Waals surface area contributed by atoms with Crippen molar-refractivity contribution in [1.29, 1.82) is 0 Å². The molecule has 0 spiro atoms. The summed E-state index contributed by atoms with van der Waals surface area (Å²) >= 11 is 0. The Morgan fingerprint density at radius 1 is 1.05 bits per heavy atom. The maximum Gasteiger partial charge on any atom is 0.224 e. The van der Waals surface area contributed by atoms with Crippen LogP contribution in [0.2, 0.25) is 0 Å². The van der Waals surface area contributed by atoms with E-state index in [9.17, 15) is 9.59 Å². The van der Waals surface area contributed by atoms with Crippen molar-refractivity contribution in [2.75, 3.05) is 12.3 Å². The summed E-state index contributed by atoms with van der Waals surface area (Å²) < 4.78 is 1.82. The van der Waals surface area contributed by atoms with Crippen LogP contribution in [0.5, 0.6) is 0 Å². The second-order valence-corrected chi connectivity index (χ2v) is 8.63. The van der Waals surface area contributed by atoms with E-state index >= 15 is 0 Å². The molecule has 4 N–H and O–H groups in total. The van der Waals surface area contributed by atoms with Gasteiger partial charge in [-0.25, -0.2) is 9.97 Å². The van der Waals surface area contributed by atoms with Gasteiger partial charge >= 0.3 is 0 Å². The van der Waals surface area contributed by atoms with Gasteiger partial charge in [-0.3, -0.25) is 14.6 Å². The number of aryl methyl sites for hydroxylation is 1. The second kappa shape index (κ2) is 10.4. The zero-order valence-corrected chi connectivity index (χ0v) is 20.4. The van der Waals surface area contributed by atoms with Gasteiger partial charge in [0.05, 0.1) is 17.5 Å². The lowest BCUT2D eigenvalue weighted by molar-refractivity contribution is -0.120. The minimum atomic E-state index is -0.212. The second-order valence-electron chi connectivity index (χ2n) is 8.63. The molecule has 0 aliphatic heterocycles. The number of imidazole rings is 1. The van der Waals surface area contributed by atoms with Gasteiger partial charge in [0.25, 0.3) is 0 Å². The fourth-order valence-corrected chi connectivity index (χ4v) is 4.36. The number of hydrogen-bond donors (Lipinski definition) is 3. The highest BCUT2D eigenvalue weighted by Gasteiger charge is 2.19. The van der Waals surface area contributed by atoms with Crippen LogP contribution in [0.25, 0.3) is 33.7 Å². The van der Waals surface area contributed by atoms with E-state index in [4.69, 9.17) is 10.7 Å². The standard InChI is InChI=1S/C28H27N7O2/c1-2-35-26(29)24(27-32-15-16-33-27)25(37)21-10-11-22(34-28(21)35)19-8-6-18(7-9-19)17-23(36)31-14-12-20-5-3-4-13-30-20/h3-11,13,15-16H,2,12,14,17,29H2,1H3,(H,31,36)(H,32,33). The SMILES string of the molecule is CCn1c(N)c(-c2ncc[nH]2)c(=O)c2ccc(-c3ccc(CC(=O)NCCc4ccccn4)cc3)nc21. The Labute approximate surface area is 213 Å². The number of aromatic amines is 1. The molecule has 1 aromatic carbocycles. The van der Waals surface area contributed by atoms with Gasteiger partial charge in [-0.05, 0) is 36.8 Å². The lowest BCUT2D eigenvalue weighted by atomic mass is 10.1. The Balaban J connectivity index is 1.34. The number of pyridine rings is 3. The van der Waals surface area contributed by atoms with E-state index in [0.717, 1.165) is 16.8 Å². The van der Waals surface area contributed by atoms with Gasteiger partial charge in [-0.15, -0.1) is 0 Å². The molecule has 0 saturated heterocycles. The van der Waals surface area contributed by atoms with Crippen LogP contribution >= 0.6 is 0 Å². The predicted octanol–water partition coefficient (Wildman–Crippen LogP) is 3.35. The number of carbonyl (C=O) groups is 1. The summed E-state index contributed by atoms with van der Waals surface area (Å²) in [6, 6.07) is 17.0. The van der Waals surface area contributed by atoms with Gasteiger partial charge in [-0.1, -0.05) is 30.3 Å². The summed E-state index contributed by atoms with van der Waals surface area (Å²) in [5.74, 6) is 0.721. The normalized spacial score (nSPS) is 11.1. The molecule has 0 fully saturated rings. The number of H-pyrrole nitrogens is 1. The molecule has 0 saturated carbocycles. The number of nitrogens with two attached hydrogens (primary N) is 1. The zero-order valence-electron chi connectivity index (χ0n) is 20.4. The molecule has 9 heteroatoms. The molecule has 5 aromatic rings. The fourth-order valence-electron chi connectivity index (χ4n) is 4.36. The molecule has 0 atom stereocenters. The van der Waals surface area contributed by atoms with Crippen molar-refractivity contribution < 1.29 is 4.79 Å². The number of nitrogens with one attached hydrogen (secondary N) is 2. The first kappa shape index (κ1) is 23.9. The Morgan fingerprint density at radius 3 is 2.59 bits per heavy atom. The number of hydrogen-bond acceptors (Lipinski definition) is 6. The third kappa shape index (κ3) is 4.97. The maximum absolute atomic E-state index is 13.2. The summed E-state index contributed by atoms with van der Waals surface area (Å²) in [5, 5.41) is 3.42. The molecular formula is C28H27N7O2. The lowest BCUT2D eigenvalue weighted by Gasteiger charge is -2.15. The van der Waals surface area contributed by atoms with E-state index in [2.05, 4.69) is 20.3 Å². The number of nitrogen functional groups attached to an aromatic ring is 1. The van der Waals surface area contributed by atoms with Crippen molar-refractivity contribution in [1.82, 2.24) is 29.8 Å². The van der Waals surface area contributed by atoms with Crippen molar-refractivity contribution in [3.05, 3.63) is 94.7 Å². The number of fused-ring (bicyclic) bond motifs is 1. The maximum atomic E-state index is 13.2. The predicted molar refractivity (Wildman–Crippen MR) is 144 cm³/mol. The fraction of sp³-hybridized carbons (Fsp3) is 0.179. The van der Waals surface area contributed by atoms with E-state index in [0.29, 0.717) is 53.4 Å². The molecule has 186 valence electrons. The van der Waals surface area contributed by atoms with Crippen LogP contribution in [0.3, 0.4) is 0 Å². The molecule has 4 aromatic heterocycles. The highest BCUT2D eigenvalue weighted by atomic mass is 16.1. The Kier molecular flexibility index (Phi) is 6.76. The van der Waals surface area contributed by atoms with Crippen molar-refractivity contribution in [3.8, 4) is 22.6 Å². The minimum absolute atomic E-state index is 0.0395. The number of nitrogens with zero attached hydrogens (tertiary/aromatic N) is 4. The Morgan fingerprint density at radius 2 is 1.89 bits per heavy atom. The lowest BCUT2D eigenvalue weighted by Crippen LogP contribution is -2.27. The number of amides is 1. The summed E-state index contributed by atoms with van der Waals surface area (Å²) in [6.45, 7) is 3.04. The smallest absolute Gasteiger partial charge is 0.224 e. The molecular weight excluding hydrogens is 466 g/mol. The number of rotatable bonds is 8. The summed E-state index contributed by atoms with van der Waals surface area (Å²) in [7, 11) is 0. The van der Waals surface area contributed by atoms with E-state index in [1.54, 1.807) is 24.7 Å². The number of carbonyl (C=O) groups excluding carboxylic acids is 1. The van der Waals surface area contributed by atoms with Crippen LogP contribution in [0.4, 0.5) is 5.82 Å². The minimum Gasteiger partial charge on any atom is -0.384 e. The highest BCUT2D eigenvalue weighted by molar-refractivity contribution is 5.87. The van der Waals surface area contributed by atoms with Crippen LogP contribution < -0.4 is 16.5 Å². The first-order valence-corrected chi connectivity index (χ1v) is 12.1. The highest BCUT2D eigenvalue weighted by Crippen LogP contribution is 2.26. The average molecular weight is 494 g/mol. The molecule has 0 unspecified atom stereocenters. The summed E-state index contributed by atoms with van der Waals surface area (Å²) in [4.78, 5) is 41.8.